The molecule has 0 aliphatic rings. The Bertz CT molecular complexity index is 1620. The summed E-state index contributed by atoms with van der Waals surface area (Å²) in [5, 5.41) is 3.88. The maximum Gasteiger partial charge on any atom is 0.272 e. The van der Waals surface area contributed by atoms with E-state index in [9.17, 15) is 9.59 Å². The minimum Gasteiger partial charge on any atom is -0.373 e. The van der Waals surface area contributed by atoms with E-state index < -0.39 is 7.26 Å². The zero-order valence-corrected chi connectivity index (χ0v) is 25.0. The number of benzene rings is 4. The maximum absolute atomic E-state index is 14.2. The van der Waals surface area contributed by atoms with Gasteiger partial charge in [0.25, 0.3) is 5.56 Å². The van der Waals surface area contributed by atoms with E-state index in [-0.39, 0.29) is 11.3 Å². The van der Waals surface area contributed by atoms with Crippen molar-refractivity contribution in [2.45, 2.75) is 26.4 Å². The van der Waals surface area contributed by atoms with Gasteiger partial charge >= 0.3 is 0 Å². The number of ketones is 1. The molecular formula is C36H36N2O2P+. The van der Waals surface area contributed by atoms with Crippen LogP contribution in [0.4, 0.5) is 5.69 Å². The van der Waals surface area contributed by atoms with Crippen LogP contribution in [0.15, 0.2) is 120 Å². The molecule has 5 heteroatoms. The predicted octanol–water partition coefficient (Wildman–Crippen LogP) is 6.04. The number of aromatic nitrogens is 1. The second-order valence-corrected chi connectivity index (χ2v) is 14.0. The Hall–Kier alpha value is -4.27. The SMILES string of the molecule is CCc1c(C)[nH]c(=O)c(N(C)C)c1C(=O)c1cccc(C[P+](c2ccccc2)(c2ccccc2)c2ccccc2)c1. The zero-order valence-electron chi connectivity index (χ0n) is 24.1. The summed E-state index contributed by atoms with van der Waals surface area (Å²) in [6.07, 6.45) is 1.41. The smallest absolute Gasteiger partial charge is 0.272 e. The second kappa shape index (κ2) is 12.1. The maximum atomic E-state index is 14.2. The van der Waals surface area contributed by atoms with Gasteiger partial charge in [0.2, 0.25) is 0 Å². The van der Waals surface area contributed by atoms with Crippen molar-refractivity contribution >= 4 is 34.6 Å². The summed E-state index contributed by atoms with van der Waals surface area (Å²) in [6, 6.07) is 40.2. The lowest BCUT2D eigenvalue weighted by Crippen LogP contribution is -2.32. The average molecular weight is 560 g/mol. The van der Waals surface area contributed by atoms with Gasteiger partial charge in [0, 0.05) is 25.4 Å². The van der Waals surface area contributed by atoms with Gasteiger partial charge in [0.05, 0.1) is 11.7 Å². The molecule has 0 saturated heterocycles. The minimum atomic E-state index is -2.13. The number of anilines is 1. The molecule has 0 aliphatic heterocycles. The standard InChI is InChI=1S/C36H35N2O2P/c1-5-32-26(2)37-36(40)34(38(3)4)33(32)35(39)28-17-15-16-27(24-28)25-41(29-18-9-6-10-19-29,30-20-11-7-12-21-30)31-22-13-8-14-23-31/h6-24H,5,25H2,1-4H3/p+1. The fourth-order valence-corrected chi connectivity index (χ4v) is 10.1. The van der Waals surface area contributed by atoms with Crippen molar-refractivity contribution in [1.29, 1.82) is 0 Å². The Kier molecular flexibility index (Phi) is 8.33. The molecule has 0 aliphatic carbocycles. The number of hydrogen-bond donors (Lipinski definition) is 1. The summed E-state index contributed by atoms with van der Waals surface area (Å²) in [5.41, 5.74) is 3.96. The number of rotatable bonds is 9. The van der Waals surface area contributed by atoms with Crippen molar-refractivity contribution in [3.63, 3.8) is 0 Å². The molecule has 0 amide bonds. The number of H-pyrrole nitrogens is 1. The Labute approximate surface area is 243 Å². The lowest BCUT2D eigenvalue weighted by molar-refractivity contribution is 0.103. The molecule has 41 heavy (non-hydrogen) atoms. The third kappa shape index (κ3) is 5.40. The highest BCUT2D eigenvalue weighted by molar-refractivity contribution is 7.95. The third-order valence-electron chi connectivity index (χ3n) is 7.73. The van der Waals surface area contributed by atoms with E-state index in [0.717, 1.165) is 23.0 Å². The van der Waals surface area contributed by atoms with Gasteiger partial charge in [-0.05, 0) is 66.9 Å². The first-order valence-electron chi connectivity index (χ1n) is 14.0. The molecule has 1 heterocycles. The number of aromatic amines is 1. The molecule has 0 unspecified atom stereocenters. The molecule has 4 nitrogen and oxygen atoms in total. The van der Waals surface area contributed by atoms with Crippen LogP contribution in [0.1, 0.15) is 39.7 Å². The van der Waals surface area contributed by atoms with Crippen LogP contribution in [0.5, 0.6) is 0 Å². The van der Waals surface area contributed by atoms with Gasteiger partial charge in [-0.25, -0.2) is 0 Å². The Balaban J connectivity index is 1.69. The van der Waals surface area contributed by atoms with Crippen LogP contribution in [0, 0.1) is 6.92 Å². The van der Waals surface area contributed by atoms with Crippen molar-refractivity contribution in [1.82, 2.24) is 4.98 Å². The highest BCUT2D eigenvalue weighted by atomic mass is 31.2. The molecule has 1 aromatic heterocycles. The van der Waals surface area contributed by atoms with Gasteiger partial charge in [-0.3, -0.25) is 9.59 Å². The molecule has 5 aromatic rings. The van der Waals surface area contributed by atoms with Crippen molar-refractivity contribution in [3.8, 4) is 0 Å². The highest BCUT2D eigenvalue weighted by Gasteiger charge is 2.45. The first-order chi connectivity index (χ1) is 19.9. The van der Waals surface area contributed by atoms with Crippen LogP contribution in [-0.2, 0) is 12.6 Å². The summed E-state index contributed by atoms with van der Waals surface area (Å²) in [4.78, 5) is 31.9. The molecule has 0 fully saturated rings. The number of hydrogen-bond acceptors (Lipinski definition) is 3. The van der Waals surface area contributed by atoms with Gasteiger partial charge in [-0.2, -0.15) is 0 Å². The van der Waals surface area contributed by atoms with Gasteiger partial charge in [0.1, 0.15) is 28.9 Å². The molecule has 0 saturated carbocycles. The normalized spacial score (nSPS) is 11.3. The van der Waals surface area contributed by atoms with E-state index in [4.69, 9.17) is 0 Å². The van der Waals surface area contributed by atoms with Crippen LogP contribution < -0.4 is 26.4 Å². The zero-order chi connectivity index (χ0) is 29.0. The molecule has 4 aromatic carbocycles. The summed E-state index contributed by atoms with van der Waals surface area (Å²) < 4.78 is 0. The van der Waals surface area contributed by atoms with Crippen LogP contribution in [0.3, 0.4) is 0 Å². The summed E-state index contributed by atoms with van der Waals surface area (Å²) in [5.74, 6) is -0.121. The number of aryl methyl sites for hydroxylation is 1. The third-order valence-corrected chi connectivity index (χ3v) is 12.1. The van der Waals surface area contributed by atoms with Crippen LogP contribution in [-0.4, -0.2) is 24.9 Å². The fourth-order valence-electron chi connectivity index (χ4n) is 5.86. The molecule has 0 spiro atoms. The lowest BCUT2D eigenvalue weighted by atomic mass is 9.94. The first kappa shape index (κ1) is 28.3. The minimum absolute atomic E-state index is 0.121. The Morgan fingerprint density at radius 2 is 1.27 bits per heavy atom. The molecule has 0 atom stereocenters. The largest absolute Gasteiger partial charge is 0.373 e. The lowest BCUT2D eigenvalue weighted by Gasteiger charge is -2.28. The first-order valence-corrected chi connectivity index (χ1v) is 16.0. The summed E-state index contributed by atoms with van der Waals surface area (Å²) in [6.45, 7) is 3.89. The number of carbonyl (C=O) groups excluding carboxylic acids is 1. The molecule has 5 rings (SSSR count). The average Bonchev–Trinajstić information content (AvgIpc) is 3.00. The van der Waals surface area contributed by atoms with Gasteiger partial charge in [-0.15, -0.1) is 0 Å². The van der Waals surface area contributed by atoms with Gasteiger partial charge in [0.15, 0.2) is 5.78 Å². The summed E-state index contributed by atoms with van der Waals surface area (Å²) in [7, 11) is 1.49. The van der Waals surface area contributed by atoms with Gasteiger partial charge < -0.3 is 9.88 Å². The Morgan fingerprint density at radius 1 is 0.756 bits per heavy atom. The number of nitrogens with one attached hydrogen (secondary N) is 1. The van der Waals surface area contributed by atoms with Crippen LogP contribution >= 0.6 is 7.26 Å². The predicted molar refractivity (Wildman–Crippen MR) is 174 cm³/mol. The van der Waals surface area contributed by atoms with E-state index >= 15 is 0 Å². The van der Waals surface area contributed by atoms with Crippen LogP contribution in [0.25, 0.3) is 0 Å². The van der Waals surface area contributed by atoms with Crippen molar-refractivity contribution in [3.05, 3.63) is 154 Å². The second-order valence-electron chi connectivity index (χ2n) is 10.5. The molecule has 0 radical (unpaired) electrons. The molecule has 1 N–H and O–H groups in total. The fraction of sp³-hybridized carbons (Fsp3) is 0.167. The molecular weight excluding hydrogens is 523 g/mol. The number of carbonyl (C=O) groups is 1. The van der Waals surface area contributed by atoms with Gasteiger partial charge in [-0.1, -0.05) is 79.7 Å². The highest BCUT2D eigenvalue weighted by Crippen LogP contribution is 2.58. The monoisotopic (exact) mass is 559 g/mol. The van der Waals surface area contributed by atoms with Crippen LogP contribution in [0.2, 0.25) is 0 Å². The Morgan fingerprint density at radius 3 is 1.73 bits per heavy atom. The quantitative estimate of drug-likeness (QED) is 0.177. The molecule has 0 bridgehead atoms. The van der Waals surface area contributed by atoms with E-state index in [2.05, 4.69) is 102 Å². The number of nitrogens with zero attached hydrogens (tertiary/aromatic N) is 1. The number of pyridine rings is 1. The van der Waals surface area contributed by atoms with E-state index in [1.807, 2.05) is 46.1 Å². The summed E-state index contributed by atoms with van der Waals surface area (Å²) >= 11 is 0. The van der Waals surface area contributed by atoms with E-state index in [1.54, 1.807) is 4.90 Å². The van der Waals surface area contributed by atoms with Crippen molar-refractivity contribution in [2.75, 3.05) is 19.0 Å². The molecule has 206 valence electrons. The van der Waals surface area contributed by atoms with E-state index in [0.29, 0.717) is 23.2 Å². The van der Waals surface area contributed by atoms with Crippen molar-refractivity contribution < 1.29 is 4.79 Å². The van der Waals surface area contributed by atoms with Crippen molar-refractivity contribution in [2.24, 2.45) is 0 Å². The van der Waals surface area contributed by atoms with E-state index in [1.165, 1.54) is 15.9 Å². The topological polar surface area (TPSA) is 53.2 Å².